The van der Waals surface area contributed by atoms with E-state index in [0.29, 0.717) is 17.3 Å². The molecule has 0 spiro atoms. The van der Waals surface area contributed by atoms with E-state index in [9.17, 15) is 0 Å². The van der Waals surface area contributed by atoms with Gasteiger partial charge in [-0.25, -0.2) is 0 Å². The Hall–Kier alpha value is -0.680. The number of rotatable bonds is 4. The van der Waals surface area contributed by atoms with Crippen LogP contribution in [0, 0.1) is 29.1 Å². The second-order valence-electron chi connectivity index (χ2n) is 9.58. The SMILES string of the molecule is CC1(C)CCC(c2ccc(C#CCC(CN)C3CCCCC3)c(Cl)c2)CC1.Cl. The lowest BCUT2D eigenvalue weighted by molar-refractivity contribution is 0.224. The lowest BCUT2D eigenvalue weighted by atomic mass is 9.71. The predicted octanol–water partition coefficient (Wildman–Crippen LogP) is 7.34. The van der Waals surface area contributed by atoms with E-state index in [1.165, 1.54) is 63.4 Å². The van der Waals surface area contributed by atoms with E-state index in [1.54, 1.807) is 0 Å². The molecular weight excluding hydrogens is 385 g/mol. The van der Waals surface area contributed by atoms with Gasteiger partial charge in [0.25, 0.3) is 0 Å². The van der Waals surface area contributed by atoms with Crippen LogP contribution in [0.5, 0.6) is 0 Å². The van der Waals surface area contributed by atoms with Crippen molar-refractivity contribution in [2.24, 2.45) is 23.0 Å². The van der Waals surface area contributed by atoms with Crippen LogP contribution >= 0.6 is 24.0 Å². The monoisotopic (exact) mass is 421 g/mol. The largest absolute Gasteiger partial charge is 0.330 e. The van der Waals surface area contributed by atoms with Crippen LogP contribution in [0.1, 0.15) is 95.1 Å². The van der Waals surface area contributed by atoms with Gasteiger partial charge >= 0.3 is 0 Å². The molecule has 1 atom stereocenters. The Morgan fingerprint density at radius 3 is 2.39 bits per heavy atom. The molecule has 1 aromatic carbocycles. The van der Waals surface area contributed by atoms with Crippen LogP contribution in [-0.4, -0.2) is 6.54 Å². The van der Waals surface area contributed by atoms with Gasteiger partial charge in [-0.1, -0.05) is 75.5 Å². The Morgan fingerprint density at radius 1 is 1.11 bits per heavy atom. The number of hydrogen-bond acceptors (Lipinski definition) is 1. The minimum atomic E-state index is 0. The summed E-state index contributed by atoms with van der Waals surface area (Å²) < 4.78 is 0. The molecule has 2 N–H and O–H groups in total. The molecule has 3 rings (SSSR count). The van der Waals surface area contributed by atoms with E-state index in [4.69, 9.17) is 17.3 Å². The lowest BCUT2D eigenvalue weighted by Crippen LogP contribution is -2.25. The molecule has 0 radical (unpaired) electrons. The van der Waals surface area contributed by atoms with E-state index >= 15 is 0 Å². The van der Waals surface area contributed by atoms with Gasteiger partial charge in [0.2, 0.25) is 0 Å². The van der Waals surface area contributed by atoms with Crippen LogP contribution in [0.25, 0.3) is 0 Å². The zero-order chi connectivity index (χ0) is 19.3. The van der Waals surface area contributed by atoms with Gasteiger partial charge in [0, 0.05) is 12.0 Å². The summed E-state index contributed by atoms with van der Waals surface area (Å²) in [5.74, 6) is 8.68. The van der Waals surface area contributed by atoms with Gasteiger partial charge < -0.3 is 5.73 Å². The van der Waals surface area contributed by atoms with E-state index in [0.717, 1.165) is 29.5 Å². The Kier molecular flexibility index (Phi) is 9.20. The predicted molar refractivity (Wildman–Crippen MR) is 124 cm³/mol. The van der Waals surface area contributed by atoms with Gasteiger partial charge in [0.15, 0.2) is 0 Å². The third-order valence-corrected chi connectivity index (χ3v) is 7.32. The molecule has 1 aromatic rings. The maximum Gasteiger partial charge on any atom is 0.0565 e. The highest BCUT2D eigenvalue weighted by Gasteiger charge is 2.27. The van der Waals surface area contributed by atoms with Crippen molar-refractivity contribution in [1.29, 1.82) is 0 Å². The average molecular weight is 422 g/mol. The fourth-order valence-electron chi connectivity index (χ4n) is 4.94. The van der Waals surface area contributed by atoms with Crippen LogP contribution < -0.4 is 5.73 Å². The molecule has 2 fully saturated rings. The van der Waals surface area contributed by atoms with Crippen molar-refractivity contribution in [1.82, 2.24) is 0 Å². The molecule has 2 saturated carbocycles. The van der Waals surface area contributed by atoms with Crippen molar-refractivity contribution >= 4 is 24.0 Å². The number of hydrogen-bond donors (Lipinski definition) is 1. The molecule has 28 heavy (non-hydrogen) atoms. The van der Waals surface area contributed by atoms with Crippen LogP contribution in [0.2, 0.25) is 5.02 Å². The number of benzene rings is 1. The highest BCUT2D eigenvalue weighted by atomic mass is 35.5. The molecule has 0 saturated heterocycles. The smallest absolute Gasteiger partial charge is 0.0565 e. The Labute approximate surface area is 183 Å². The summed E-state index contributed by atoms with van der Waals surface area (Å²) in [6.07, 6.45) is 12.8. The molecule has 2 aliphatic carbocycles. The molecule has 1 nitrogen and oxygen atoms in total. The summed E-state index contributed by atoms with van der Waals surface area (Å²) in [4.78, 5) is 0. The average Bonchev–Trinajstić information content (AvgIpc) is 2.67. The summed E-state index contributed by atoms with van der Waals surface area (Å²) in [7, 11) is 0. The van der Waals surface area contributed by atoms with Crippen LogP contribution in [0.4, 0.5) is 0 Å². The van der Waals surface area contributed by atoms with Crippen molar-refractivity contribution < 1.29 is 0 Å². The summed E-state index contributed by atoms with van der Waals surface area (Å²) >= 11 is 6.58. The fraction of sp³-hybridized carbons (Fsp3) is 0.680. The summed E-state index contributed by atoms with van der Waals surface area (Å²) in [6, 6.07) is 6.54. The Morgan fingerprint density at radius 2 is 1.79 bits per heavy atom. The van der Waals surface area contributed by atoms with E-state index in [2.05, 4.69) is 43.9 Å². The first kappa shape index (κ1) is 23.6. The van der Waals surface area contributed by atoms with Gasteiger partial charge in [-0.3, -0.25) is 0 Å². The zero-order valence-electron chi connectivity index (χ0n) is 17.6. The Bertz CT molecular complexity index is 670. The number of halogens is 2. The van der Waals surface area contributed by atoms with E-state index < -0.39 is 0 Å². The quantitative estimate of drug-likeness (QED) is 0.505. The van der Waals surface area contributed by atoms with Crippen LogP contribution in [0.3, 0.4) is 0 Å². The van der Waals surface area contributed by atoms with Crippen molar-refractivity contribution in [3.63, 3.8) is 0 Å². The first-order chi connectivity index (χ1) is 13.0. The molecular formula is C25H37Cl2N. The van der Waals surface area contributed by atoms with Gasteiger partial charge in [0.05, 0.1) is 5.02 Å². The summed E-state index contributed by atoms with van der Waals surface area (Å²) in [5.41, 5.74) is 8.90. The van der Waals surface area contributed by atoms with Crippen molar-refractivity contribution in [2.45, 2.75) is 84.0 Å². The third-order valence-electron chi connectivity index (χ3n) is 7.01. The maximum atomic E-state index is 6.58. The van der Waals surface area contributed by atoms with E-state index in [1.807, 2.05) is 0 Å². The highest BCUT2D eigenvalue weighted by molar-refractivity contribution is 6.31. The minimum Gasteiger partial charge on any atom is -0.330 e. The molecule has 156 valence electrons. The van der Waals surface area contributed by atoms with Crippen molar-refractivity contribution in [3.8, 4) is 11.8 Å². The minimum absolute atomic E-state index is 0. The van der Waals surface area contributed by atoms with Gasteiger partial charge in [-0.2, -0.15) is 0 Å². The van der Waals surface area contributed by atoms with Gasteiger partial charge in [0.1, 0.15) is 0 Å². The van der Waals surface area contributed by atoms with Crippen molar-refractivity contribution in [3.05, 3.63) is 34.3 Å². The van der Waals surface area contributed by atoms with Gasteiger partial charge in [-0.05, 0) is 73.1 Å². The van der Waals surface area contributed by atoms with Crippen LogP contribution in [0.15, 0.2) is 18.2 Å². The van der Waals surface area contributed by atoms with E-state index in [-0.39, 0.29) is 12.4 Å². The standard InChI is InChI=1S/C25H36ClN.ClH/c1-25(2)15-13-20(14-16-25)22-12-11-21(24(26)17-22)9-6-10-23(18-27)19-7-4-3-5-8-19;/h11-12,17,19-20,23H,3-5,7-8,10,13-16,18,27H2,1-2H3;1H. The zero-order valence-corrected chi connectivity index (χ0v) is 19.2. The van der Waals surface area contributed by atoms with Gasteiger partial charge in [-0.15, -0.1) is 12.4 Å². The second kappa shape index (κ2) is 10.9. The first-order valence-electron chi connectivity index (χ1n) is 11.0. The molecule has 0 heterocycles. The fourth-order valence-corrected chi connectivity index (χ4v) is 5.18. The third kappa shape index (κ3) is 6.41. The topological polar surface area (TPSA) is 26.0 Å². The number of nitrogens with two attached hydrogens (primary N) is 1. The van der Waals surface area contributed by atoms with Crippen LogP contribution in [-0.2, 0) is 0 Å². The summed E-state index contributed by atoms with van der Waals surface area (Å²) in [5, 5.41) is 0.812. The molecule has 0 bridgehead atoms. The molecule has 3 heteroatoms. The second-order valence-corrected chi connectivity index (χ2v) is 9.98. The highest BCUT2D eigenvalue weighted by Crippen LogP contribution is 2.42. The molecule has 1 unspecified atom stereocenters. The molecule has 0 amide bonds. The molecule has 0 aromatic heterocycles. The summed E-state index contributed by atoms with van der Waals surface area (Å²) in [6.45, 7) is 5.53. The lowest BCUT2D eigenvalue weighted by Gasteiger charge is -2.34. The maximum absolute atomic E-state index is 6.58. The first-order valence-corrected chi connectivity index (χ1v) is 11.3. The normalized spacial score (nSPS) is 21.3. The van der Waals surface area contributed by atoms with Crippen molar-refractivity contribution in [2.75, 3.05) is 6.54 Å². The molecule has 0 aliphatic heterocycles. The molecule has 2 aliphatic rings. The Balaban J connectivity index is 0.00000280.